The minimum absolute atomic E-state index is 0.125. The van der Waals surface area contributed by atoms with E-state index in [2.05, 4.69) is 10.9 Å². The number of carbonyl (C=O) groups is 2. The second kappa shape index (κ2) is 9.18. The molecule has 2 aromatic carbocycles. The molecule has 2 amide bonds. The highest BCUT2D eigenvalue weighted by molar-refractivity contribution is 6.31. The van der Waals surface area contributed by atoms with E-state index in [0.717, 1.165) is 17.2 Å². The molecule has 0 heterocycles. The fourth-order valence-corrected chi connectivity index (χ4v) is 2.63. The Labute approximate surface area is 167 Å². The largest absolute Gasteiger partial charge is 0.483 e. The summed E-state index contributed by atoms with van der Waals surface area (Å²) in [6.45, 7) is 5.61. The number of halogens is 1. The van der Waals surface area contributed by atoms with Crippen LogP contribution < -0.4 is 15.6 Å². The minimum atomic E-state index is -0.838. The van der Waals surface area contributed by atoms with Crippen LogP contribution in [0.5, 0.6) is 5.75 Å². The first-order chi connectivity index (χ1) is 13.2. The molecule has 0 atom stereocenters. The molecule has 0 radical (unpaired) electrons. The van der Waals surface area contributed by atoms with Crippen molar-refractivity contribution in [1.29, 1.82) is 0 Å². The Hall–Kier alpha value is -3.13. The van der Waals surface area contributed by atoms with E-state index in [0.29, 0.717) is 5.75 Å². The molecule has 28 heavy (non-hydrogen) atoms. The summed E-state index contributed by atoms with van der Waals surface area (Å²) in [7, 11) is 0. The van der Waals surface area contributed by atoms with Crippen molar-refractivity contribution in [2.75, 3.05) is 6.61 Å². The Morgan fingerprint density at radius 3 is 2.54 bits per heavy atom. The third-order valence-electron chi connectivity index (χ3n) is 3.87. The van der Waals surface area contributed by atoms with Crippen molar-refractivity contribution in [3.8, 4) is 5.75 Å². The Balaban J connectivity index is 1.98. The van der Waals surface area contributed by atoms with Crippen molar-refractivity contribution in [3.63, 3.8) is 0 Å². The van der Waals surface area contributed by atoms with E-state index < -0.39 is 22.4 Å². The predicted molar refractivity (Wildman–Crippen MR) is 104 cm³/mol. The number of nitro groups is 1. The van der Waals surface area contributed by atoms with Gasteiger partial charge in [0.1, 0.15) is 11.3 Å². The van der Waals surface area contributed by atoms with Crippen LogP contribution in [0.15, 0.2) is 36.4 Å². The van der Waals surface area contributed by atoms with Gasteiger partial charge in [-0.2, -0.15) is 0 Å². The predicted octanol–water partition coefficient (Wildman–Crippen LogP) is 3.52. The summed E-state index contributed by atoms with van der Waals surface area (Å²) in [5, 5.41) is 11.2. The molecule has 2 aromatic rings. The van der Waals surface area contributed by atoms with Gasteiger partial charge in [-0.3, -0.25) is 30.6 Å². The first-order valence-corrected chi connectivity index (χ1v) is 8.83. The van der Waals surface area contributed by atoms with Crippen molar-refractivity contribution in [2.24, 2.45) is 0 Å². The monoisotopic (exact) mass is 405 g/mol. The average molecular weight is 406 g/mol. The van der Waals surface area contributed by atoms with Crippen LogP contribution in [0.2, 0.25) is 5.02 Å². The van der Waals surface area contributed by atoms with Crippen LogP contribution in [0.3, 0.4) is 0 Å². The summed E-state index contributed by atoms with van der Waals surface area (Å²) in [4.78, 5) is 34.4. The number of amides is 2. The summed E-state index contributed by atoms with van der Waals surface area (Å²) in [5.74, 6) is -0.648. The van der Waals surface area contributed by atoms with Gasteiger partial charge in [0.05, 0.1) is 4.92 Å². The summed E-state index contributed by atoms with van der Waals surface area (Å²) in [6, 6.07) is 9.35. The maximum atomic E-state index is 12.1. The highest BCUT2D eigenvalue weighted by Crippen LogP contribution is 2.27. The molecule has 0 bridgehead atoms. The summed E-state index contributed by atoms with van der Waals surface area (Å²) >= 11 is 5.72. The first kappa shape index (κ1) is 21.2. The number of nitro benzene ring substituents is 1. The van der Waals surface area contributed by atoms with Crippen molar-refractivity contribution in [1.82, 2.24) is 10.9 Å². The second-order valence-electron chi connectivity index (χ2n) is 6.41. The molecule has 2 rings (SSSR count). The normalized spacial score (nSPS) is 10.5. The Morgan fingerprint density at radius 2 is 1.89 bits per heavy atom. The summed E-state index contributed by atoms with van der Waals surface area (Å²) < 4.78 is 5.57. The van der Waals surface area contributed by atoms with E-state index in [1.807, 2.05) is 39.0 Å². The summed E-state index contributed by atoms with van der Waals surface area (Å²) in [6.07, 6.45) is 0. The molecule has 9 heteroatoms. The van der Waals surface area contributed by atoms with Gasteiger partial charge >= 0.3 is 0 Å². The number of hydrazine groups is 1. The zero-order valence-electron chi connectivity index (χ0n) is 15.6. The highest BCUT2D eigenvalue weighted by atomic mass is 35.5. The average Bonchev–Trinajstić information content (AvgIpc) is 2.64. The van der Waals surface area contributed by atoms with E-state index in [1.54, 1.807) is 0 Å². The number of benzene rings is 2. The number of nitrogens with one attached hydrogen (secondary N) is 2. The van der Waals surface area contributed by atoms with E-state index >= 15 is 0 Å². The topological polar surface area (TPSA) is 111 Å². The molecule has 0 spiro atoms. The SMILES string of the molecule is Cc1ccc(C(C)C)c(OCC(=O)NNC(=O)c2ccc(Cl)cc2[N+](=O)[O-])c1. The van der Waals surface area contributed by atoms with Gasteiger partial charge in [-0.05, 0) is 42.2 Å². The van der Waals surface area contributed by atoms with Crippen LogP contribution in [0.1, 0.15) is 41.3 Å². The minimum Gasteiger partial charge on any atom is -0.483 e. The zero-order valence-corrected chi connectivity index (χ0v) is 16.4. The smallest absolute Gasteiger partial charge is 0.283 e. The molecule has 0 fully saturated rings. The van der Waals surface area contributed by atoms with Gasteiger partial charge in [-0.15, -0.1) is 0 Å². The molecule has 0 aliphatic heterocycles. The molecule has 148 valence electrons. The lowest BCUT2D eigenvalue weighted by Crippen LogP contribution is -2.44. The molecule has 8 nitrogen and oxygen atoms in total. The van der Waals surface area contributed by atoms with Crippen LogP contribution in [0, 0.1) is 17.0 Å². The van der Waals surface area contributed by atoms with E-state index in [4.69, 9.17) is 16.3 Å². The molecule has 0 aromatic heterocycles. The van der Waals surface area contributed by atoms with Gasteiger partial charge in [-0.1, -0.05) is 37.6 Å². The molecule has 0 unspecified atom stereocenters. The van der Waals surface area contributed by atoms with E-state index in [-0.39, 0.29) is 23.1 Å². The van der Waals surface area contributed by atoms with Crippen LogP contribution in [-0.4, -0.2) is 23.3 Å². The molecule has 0 saturated heterocycles. The van der Waals surface area contributed by atoms with Gasteiger partial charge in [0.2, 0.25) is 0 Å². The van der Waals surface area contributed by atoms with Gasteiger partial charge in [0.25, 0.3) is 17.5 Å². The number of ether oxygens (including phenoxy) is 1. The van der Waals surface area contributed by atoms with Crippen molar-refractivity contribution < 1.29 is 19.2 Å². The third-order valence-corrected chi connectivity index (χ3v) is 4.10. The summed E-state index contributed by atoms with van der Waals surface area (Å²) in [5.41, 5.74) is 5.57. The van der Waals surface area contributed by atoms with Gasteiger partial charge in [-0.25, -0.2) is 0 Å². The van der Waals surface area contributed by atoms with Crippen molar-refractivity contribution >= 4 is 29.1 Å². The van der Waals surface area contributed by atoms with Gasteiger partial charge in [0.15, 0.2) is 6.61 Å². The fraction of sp³-hybridized carbons (Fsp3) is 0.263. The number of hydrogen-bond donors (Lipinski definition) is 2. The molecule has 0 saturated carbocycles. The fourth-order valence-electron chi connectivity index (χ4n) is 2.46. The highest BCUT2D eigenvalue weighted by Gasteiger charge is 2.21. The Kier molecular flexibility index (Phi) is 6.94. The molecule has 2 N–H and O–H groups in total. The van der Waals surface area contributed by atoms with Gasteiger partial charge in [0, 0.05) is 11.1 Å². The lowest BCUT2D eigenvalue weighted by Gasteiger charge is -2.15. The lowest BCUT2D eigenvalue weighted by molar-refractivity contribution is -0.385. The number of carbonyl (C=O) groups excluding carboxylic acids is 2. The van der Waals surface area contributed by atoms with Crippen LogP contribution in [0.4, 0.5) is 5.69 Å². The number of rotatable bonds is 6. The third kappa shape index (κ3) is 5.43. The molecular formula is C19H20ClN3O5. The van der Waals surface area contributed by atoms with E-state index in [1.165, 1.54) is 12.1 Å². The molecule has 0 aliphatic carbocycles. The molecule has 0 aliphatic rings. The van der Waals surface area contributed by atoms with Crippen LogP contribution in [0.25, 0.3) is 0 Å². The number of aryl methyl sites for hydroxylation is 1. The van der Waals surface area contributed by atoms with Crippen LogP contribution >= 0.6 is 11.6 Å². The van der Waals surface area contributed by atoms with Crippen LogP contribution in [-0.2, 0) is 4.79 Å². The Bertz CT molecular complexity index is 914. The van der Waals surface area contributed by atoms with E-state index in [9.17, 15) is 19.7 Å². The number of nitrogens with zero attached hydrogens (tertiary/aromatic N) is 1. The zero-order chi connectivity index (χ0) is 20.8. The quantitative estimate of drug-likeness (QED) is 0.564. The first-order valence-electron chi connectivity index (χ1n) is 8.45. The maximum Gasteiger partial charge on any atom is 0.283 e. The lowest BCUT2D eigenvalue weighted by atomic mass is 10.0. The second-order valence-corrected chi connectivity index (χ2v) is 6.84. The van der Waals surface area contributed by atoms with Crippen molar-refractivity contribution in [2.45, 2.75) is 26.7 Å². The molecular weight excluding hydrogens is 386 g/mol. The standard InChI is InChI=1S/C19H20ClN3O5/c1-11(2)14-6-4-12(3)8-17(14)28-10-18(24)21-22-19(25)15-7-5-13(20)9-16(15)23(26)27/h4-9,11H,10H2,1-3H3,(H,21,24)(H,22,25). The van der Waals surface area contributed by atoms with Crippen molar-refractivity contribution in [3.05, 3.63) is 68.2 Å². The maximum absolute atomic E-state index is 12.1. The Morgan fingerprint density at radius 1 is 1.18 bits per heavy atom. The van der Waals surface area contributed by atoms with Gasteiger partial charge < -0.3 is 4.74 Å². The number of hydrogen-bond acceptors (Lipinski definition) is 5.